The number of likely N-dealkylation sites (tertiary alicyclic amines) is 1. The van der Waals surface area contributed by atoms with Gasteiger partial charge in [-0.15, -0.1) is 0 Å². The third kappa shape index (κ3) is 7.71. The largest absolute Gasteiger partial charge is 0.490 e. The Morgan fingerprint density at radius 2 is 1.89 bits per heavy atom. The lowest BCUT2D eigenvalue weighted by molar-refractivity contribution is -0.135. The average Bonchev–Trinajstić information content (AvgIpc) is 3.50. The Bertz CT molecular complexity index is 917. The monoisotopic (exact) mass is 490 g/mol. The van der Waals surface area contributed by atoms with E-state index in [1.54, 1.807) is 12.5 Å². The summed E-state index contributed by atoms with van der Waals surface area (Å²) in [7, 11) is 0. The number of rotatable bonds is 8. The van der Waals surface area contributed by atoms with Crippen LogP contribution in [0.2, 0.25) is 0 Å². The normalized spacial score (nSPS) is 18.9. The van der Waals surface area contributed by atoms with Gasteiger partial charge in [0.25, 0.3) is 12.9 Å². The number of imidazole rings is 1. The number of ether oxygens (including phenoxy) is 2. The zero-order chi connectivity index (χ0) is 25.5. The molecule has 35 heavy (non-hydrogen) atoms. The van der Waals surface area contributed by atoms with Crippen LogP contribution in [0, 0.1) is 0 Å². The van der Waals surface area contributed by atoms with E-state index in [1.165, 1.54) is 0 Å². The molecule has 0 aliphatic carbocycles. The standard InChI is InChI=1S/C22H30N4O3.2CH2O2/c1-2-28-20-15-18(5-6-19(20)29-14-13-25-12-10-23-17-25)16-26-11-4-8-22(26)7-3-9-24-21(22)27;2*2-1-3/h5-6,10,12,15,17H,2-4,7-9,11,13-14,16H2,1H3,(H,24,27);2*1H,(H,2,3). The van der Waals surface area contributed by atoms with Gasteiger partial charge in [-0.2, -0.15) is 0 Å². The molecule has 1 aromatic carbocycles. The third-order valence-electron chi connectivity index (χ3n) is 5.95. The van der Waals surface area contributed by atoms with Crippen LogP contribution in [0.3, 0.4) is 0 Å². The van der Waals surface area contributed by atoms with E-state index in [1.807, 2.05) is 23.8 Å². The first kappa shape index (κ1) is 27.6. The predicted molar refractivity (Wildman–Crippen MR) is 127 cm³/mol. The van der Waals surface area contributed by atoms with Gasteiger partial charge in [0.2, 0.25) is 5.91 Å². The fourth-order valence-corrected chi connectivity index (χ4v) is 4.50. The molecule has 2 aromatic rings. The maximum atomic E-state index is 12.7. The highest BCUT2D eigenvalue weighted by molar-refractivity contribution is 5.87. The molecule has 192 valence electrons. The topological polar surface area (TPSA) is 143 Å². The maximum Gasteiger partial charge on any atom is 0.290 e. The maximum absolute atomic E-state index is 12.7. The molecule has 2 saturated heterocycles. The number of aromatic nitrogens is 2. The third-order valence-corrected chi connectivity index (χ3v) is 5.95. The first-order chi connectivity index (χ1) is 17.0. The molecule has 0 saturated carbocycles. The lowest BCUT2D eigenvalue weighted by Crippen LogP contribution is -2.58. The highest BCUT2D eigenvalue weighted by Crippen LogP contribution is 2.38. The molecular weight excluding hydrogens is 456 g/mol. The fourth-order valence-electron chi connectivity index (χ4n) is 4.50. The number of nitrogens with one attached hydrogen (secondary N) is 1. The van der Waals surface area contributed by atoms with Gasteiger partial charge in [0.15, 0.2) is 11.5 Å². The van der Waals surface area contributed by atoms with E-state index in [2.05, 4.69) is 27.3 Å². The molecule has 1 atom stereocenters. The van der Waals surface area contributed by atoms with Gasteiger partial charge in [-0.1, -0.05) is 6.07 Å². The number of benzene rings is 1. The summed E-state index contributed by atoms with van der Waals surface area (Å²) in [6.07, 6.45) is 9.49. The van der Waals surface area contributed by atoms with Crippen LogP contribution in [-0.4, -0.2) is 75.4 Å². The Morgan fingerprint density at radius 1 is 1.14 bits per heavy atom. The van der Waals surface area contributed by atoms with Gasteiger partial charge in [0.1, 0.15) is 12.1 Å². The van der Waals surface area contributed by atoms with E-state index in [0.29, 0.717) is 13.2 Å². The highest BCUT2D eigenvalue weighted by atomic mass is 16.5. The predicted octanol–water partition coefficient (Wildman–Crippen LogP) is 2.01. The van der Waals surface area contributed by atoms with Gasteiger partial charge >= 0.3 is 0 Å². The van der Waals surface area contributed by atoms with Crippen molar-refractivity contribution in [3.8, 4) is 11.5 Å². The molecule has 4 rings (SSSR count). The van der Waals surface area contributed by atoms with Crippen molar-refractivity contribution < 1.29 is 34.1 Å². The molecule has 11 nitrogen and oxygen atoms in total. The smallest absolute Gasteiger partial charge is 0.290 e. The molecule has 3 N–H and O–H groups in total. The van der Waals surface area contributed by atoms with Crippen molar-refractivity contribution in [2.24, 2.45) is 0 Å². The summed E-state index contributed by atoms with van der Waals surface area (Å²) >= 11 is 0. The van der Waals surface area contributed by atoms with Crippen molar-refractivity contribution >= 4 is 18.9 Å². The van der Waals surface area contributed by atoms with Gasteiger partial charge in [-0.3, -0.25) is 19.3 Å². The SMILES string of the molecule is CCOc1cc(CN2CCCC23CCCNC3=O)ccc1OCCn1ccnc1.O=CO.O=CO. The van der Waals surface area contributed by atoms with Crippen molar-refractivity contribution in [1.29, 1.82) is 0 Å². The molecule has 1 amide bonds. The molecule has 0 radical (unpaired) electrons. The minimum atomic E-state index is -0.329. The van der Waals surface area contributed by atoms with Crippen LogP contribution in [0.25, 0.3) is 0 Å². The van der Waals surface area contributed by atoms with E-state index in [9.17, 15) is 4.79 Å². The minimum absolute atomic E-state index is 0.200. The Labute approximate surface area is 204 Å². The van der Waals surface area contributed by atoms with Crippen LogP contribution >= 0.6 is 0 Å². The number of carbonyl (C=O) groups is 3. The van der Waals surface area contributed by atoms with Crippen LogP contribution in [-0.2, 0) is 27.5 Å². The van der Waals surface area contributed by atoms with Crippen molar-refractivity contribution in [3.63, 3.8) is 0 Å². The minimum Gasteiger partial charge on any atom is -0.490 e. The number of amides is 1. The van der Waals surface area contributed by atoms with Gasteiger partial charge in [0, 0.05) is 25.5 Å². The van der Waals surface area contributed by atoms with Crippen molar-refractivity contribution in [2.75, 3.05) is 26.3 Å². The second-order valence-electron chi connectivity index (χ2n) is 7.99. The number of hydrogen-bond donors (Lipinski definition) is 3. The molecular formula is C24H34N4O7. The van der Waals surface area contributed by atoms with Gasteiger partial charge < -0.3 is 29.6 Å². The first-order valence-electron chi connectivity index (χ1n) is 11.6. The lowest BCUT2D eigenvalue weighted by atomic mass is 9.86. The Morgan fingerprint density at radius 3 is 2.54 bits per heavy atom. The Hall–Kier alpha value is -3.60. The Kier molecular flexibility index (Phi) is 11.5. The summed E-state index contributed by atoms with van der Waals surface area (Å²) in [5.74, 6) is 1.71. The van der Waals surface area contributed by atoms with E-state index < -0.39 is 0 Å². The number of piperidine rings is 1. The molecule has 3 heterocycles. The second kappa shape index (κ2) is 14.6. The highest BCUT2D eigenvalue weighted by Gasteiger charge is 2.48. The van der Waals surface area contributed by atoms with Crippen LogP contribution in [0.15, 0.2) is 36.9 Å². The lowest BCUT2D eigenvalue weighted by Gasteiger charge is -2.40. The van der Waals surface area contributed by atoms with Crippen molar-refractivity contribution in [1.82, 2.24) is 19.8 Å². The molecule has 1 spiro atoms. The van der Waals surface area contributed by atoms with Crippen molar-refractivity contribution in [2.45, 2.75) is 51.2 Å². The summed E-state index contributed by atoms with van der Waals surface area (Å²) in [6.45, 7) is 5.85. The van der Waals surface area contributed by atoms with E-state index in [-0.39, 0.29) is 24.4 Å². The van der Waals surface area contributed by atoms with Crippen LogP contribution in [0.1, 0.15) is 38.2 Å². The van der Waals surface area contributed by atoms with E-state index >= 15 is 0 Å². The first-order valence-corrected chi connectivity index (χ1v) is 11.6. The Balaban J connectivity index is 0.000000655. The molecule has 2 aliphatic heterocycles. The molecule has 1 aromatic heterocycles. The van der Waals surface area contributed by atoms with E-state index in [4.69, 9.17) is 29.3 Å². The molecule has 2 aliphatic rings. The van der Waals surface area contributed by atoms with Crippen LogP contribution < -0.4 is 14.8 Å². The summed E-state index contributed by atoms with van der Waals surface area (Å²) in [4.78, 5) is 35.8. The average molecular weight is 491 g/mol. The zero-order valence-corrected chi connectivity index (χ0v) is 20.0. The molecule has 11 heteroatoms. The number of carbonyl (C=O) groups excluding carboxylic acids is 1. The quantitative estimate of drug-likeness (QED) is 0.473. The second-order valence-corrected chi connectivity index (χ2v) is 7.99. The van der Waals surface area contributed by atoms with Gasteiger partial charge in [-0.25, -0.2) is 4.98 Å². The number of hydrogen-bond acceptors (Lipinski definition) is 7. The van der Waals surface area contributed by atoms with Crippen molar-refractivity contribution in [3.05, 3.63) is 42.5 Å². The molecule has 0 bridgehead atoms. The molecule has 1 unspecified atom stereocenters. The summed E-state index contributed by atoms with van der Waals surface area (Å²) in [5.41, 5.74) is 0.819. The van der Waals surface area contributed by atoms with Gasteiger partial charge in [0.05, 0.1) is 19.5 Å². The fraction of sp³-hybridized carbons (Fsp3) is 0.500. The summed E-state index contributed by atoms with van der Waals surface area (Å²) in [5, 5.41) is 16.9. The van der Waals surface area contributed by atoms with Crippen LogP contribution in [0.5, 0.6) is 11.5 Å². The number of carboxylic acid groups (broad SMARTS) is 2. The summed E-state index contributed by atoms with van der Waals surface area (Å²) in [6, 6.07) is 6.13. The molecule has 2 fully saturated rings. The van der Waals surface area contributed by atoms with Gasteiger partial charge in [-0.05, 0) is 56.8 Å². The van der Waals surface area contributed by atoms with E-state index in [0.717, 1.165) is 68.9 Å². The summed E-state index contributed by atoms with van der Waals surface area (Å²) < 4.78 is 13.8. The zero-order valence-electron chi connectivity index (χ0n) is 20.0. The van der Waals surface area contributed by atoms with Crippen LogP contribution in [0.4, 0.5) is 0 Å². The number of nitrogens with zero attached hydrogens (tertiary/aromatic N) is 3.